The quantitative estimate of drug-likeness (QED) is 0.734. The molecule has 0 spiro atoms. The van der Waals surface area contributed by atoms with E-state index in [0.717, 1.165) is 5.56 Å². The summed E-state index contributed by atoms with van der Waals surface area (Å²) in [5, 5.41) is 5.64. The van der Waals surface area contributed by atoms with E-state index in [9.17, 15) is 18.0 Å². The summed E-state index contributed by atoms with van der Waals surface area (Å²) >= 11 is 0. The first-order valence-corrected chi connectivity index (χ1v) is 12.1. The zero-order chi connectivity index (χ0) is 23.0. The van der Waals surface area contributed by atoms with Crippen molar-refractivity contribution in [1.82, 2.24) is 4.31 Å². The highest BCUT2D eigenvalue weighted by atomic mass is 32.2. The van der Waals surface area contributed by atoms with Crippen LogP contribution in [0.1, 0.15) is 30.9 Å². The molecule has 32 heavy (non-hydrogen) atoms. The number of nitrogens with zero attached hydrogens (tertiary/aromatic N) is 1. The number of ether oxygens (including phenoxy) is 1. The lowest BCUT2D eigenvalue weighted by atomic mass is 9.98. The minimum Gasteiger partial charge on any atom is -0.479 e. The summed E-state index contributed by atoms with van der Waals surface area (Å²) in [6, 6.07) is 10.6. The third-order valence-electron chi connectivity index (χ3n) is 5.87. The van der Waals surface area contributed by atoms with E-state index in [0.29, 0.717) is 42.1 Å². The molecule has 170 valence electrons. The number of fused-ring (bicyclic) bond motifs is 1. The predicted molar refractivity (Wildman–Crippen MR) is 121 cm³/mol. The summed E-state index contributed by atoms with van der Waals surface area (Å²) in [7, 11) is -3.84. The zero-order valence-electron chi connectivity index (χ0n) is 18.3. The molecule has 2 aromatic carbocycles. The lowest BCUT2D eigenvalue weighted by molar-refractivity contribution is -0.123. The molecular formula is C23H27N3O5S. The molecule has 2 atom stereocenters. The third kappa shape index (κ3) is 4.35. The fraction of sp³-hybridized carbons (Fsp3) is 0.391. The van der Waals surface area contributed by atoms with E-state index in [1.165, 1.54) is 10.4 Å². The number of hydrogen-bond donors (Lipinski definition) is 2. The van der Waals surface area contributed by atoms with E-state index in [4.69, 9.17) is 4.74 Å². The van der Waals surface area contributed by atoms with Crippen LogP contribution in [-0.2, 0) is 19.6 Å². The van der Waals surface area contributed by atoms with Crippen molar-refractivity contribution in [3.8, 4) is 5.75 Å². The largest absolute Gasteiger partial charge is 0.479 e. The first-order chi connectivity index (χ1) is 15.1. The van der Waals surface area contributed by atoms with Crippen molar-refractivity contribution in [2.45, 2.75) is 44.6 Å². The maximum Gasteiger partial charge on any atom is 0.265 e. The maximum atomic E-state index is 13.5. The molecule has 1 fully saturated rings. The molecular weight excluding hydrogens is 430 g/mol. The summed E-state index contributed by atoms with van der Waals surface area (Å²) in [6.45, 7) is 5.70. The van der Waals surface area contributed by atoms with Crippen LogP contribution in [0.4, 0.5) is 11.4 Å². The number of carbonyl (C=O) groups excluding carboxylic acids is 2. The second kappa shape index (κ2) is 8.55. The molecule has 4 rings (SSSR count). The van der Waals surface area contributed by atoms with Crippen LogP contribution >= 0.6 is 0 Å². The van der Waals surface area contributed by atoms with Crippen LogP contribution < -0.4 is 15.4 Å². The Hall–Kier alpha value is -2.91. The highest BCUT2D eigenvalue weighted by Gasteiger charge is 2.35. The van der Waals surface area contributed by atoms with E-state index >= 15 is 0 Å². The normalized spacial score (nSPS) is 21.3. The van der Waals surface area contributed by atoms with Crippen molar-refractivity contribution in [1.29, 1.82) is 0 Å². The molecule has 0 radical (unpaired) electrons. The molecule has 8 nitrogen and oxygen atoms in total. The number of benzene rings is 2. The summed E-state index contributed by atoms with van der Waals surface area (Å²) in [5.74, 6) is -0.567. The number of anilines is 2. The molecule has 0 saturated carbocycles. The van der Waals surface area contributed by atoms with Gasteiger partial charge in [0.25, 0.3) is 5.91 Å². The van der Waals surface area contributed by atoms with Crippen molar-refractivity contribution < 1.29 is 22.7 Å². The van der Waals surface area contributed by atoms with E-state index in [1.807, 2.05) is 31.2 Å². The highest BCUT2D eigenvalue weighted by Crippen LogP contribution is 2.36. The summed E-state index contributed by atoms with van der Waals surface area (Å²) in [6.07, 6.45) is 0.517. The first kappa shape index (κ1) is 22.3. The standard InChI is InChI=1S/C23H27N3O5S/c1-14-6-4-8-18(10-14)24-23(28)17-7-5-9-26(13-17)32(29,30)21-12-20-19(11-15(21)2)25-22(27)16(3)31-20/h4,6,8,10-12,16-17H,5,7,9,13H2,1-3H3,(H,24,28)(H,25,27). The second-order valence-corrected chi connectivity index (χ2v) is 10.3. The van der Waals surface area contributed by atoms with Crippen LogP contribution in [0, 0.1) is 19.8 Å². The number of rotatable bonds is 4. The Kier molecular flexibility index (Phi) is 5.96. The molecule has 0 aliphatic carbocycles. The van der Waals surface area contributed by atoms with Gasteiger partial charge >= 0.3 is 0 Å². The van der Waals surface area contributed by atoms with Gasteiger partial charge in [0.05, 0.1) is 16.5 Å². The zero-order valence-corrected chi connectivity index (χ0v) is 19.2. The van der Waals surface area contributed by atoms with Crippen molar-refractivity contribution in [2.24, 2.45) is 5.92 Å². The molecule has 0 bridgehead atoms. The van der Waals surface area contributed by atoms with Gasteiger partial charge < -0.3 is 15.4 Å². The van der Waals surface area contributed by atoms with Gasteiger partial charge in [0.1, 0.15) is 5.75 Å². The van der Waals surface area contributed by atoms with E-state index in [2.05, 4.69) is 10.6 Å². The fourth-order valence-electron chi connectivity index (χ4n) is 4.10. The SMILES string of the molecule is Cc1cccc(NC(=O)C2CCCN(S(=O)(=O)c3cc4c(cc3C)NC(=O)C(C)O4)C2)c1. The van der Waals surface area contributed by atoms with Gasteiger partial charge in [0.15, 0.2) is 6.10 Å². The van der Waals surface area contributed by atoms with Gasteiger partial charge in [-0.15, -0.1) is 0 Å². The van der Waals surface area contributed by atoms with Gasteiger partial charge in [0, 0.05) is 24.8 Å². The molecule has 2 aliphatic rings. The van der Waals surface area contributed by atoms with Gasteiger partial charge in [0.2, 0.25) is 15.9 Å². The van der Waals surface area contributed by atoms with Crippen molar-refractivity contribution in [2.75, 3.05) is 23.7 Å². The van der Waals surface area contributed by atoms with Gasteiger partial charge in [-0.05, 0) is 62.9 Å². The van der Waals surface area contributed by atoms with Crippen molar-refractivity contribution >= 4 is 33.2 Å². The van der Waals surface area contributed by atoms with Crippen LogP contribution in [0.3, 0.4) is 0 Å². The van der Waals surface area contributed by atoms with E-state index in [-0.39, 0.29) is 23.3 Å². The number of sulfonamides is 1. The Bertz CT molecular complexity index is 1180. The summed E-state index contributed by atoms with van der Waals surface area (Å²) in [5.41, 5.74) is 2.70. The van der Waals surface area contributed by atoms with Gasteiger partial charge in [-0.2, -0.15) is 4.31 Å². The average molecular weight is 458 g/mol. The fourth-order valence-corrected chi connectivity index (χ4v) is 5.85. The van der Waals surface area contributed by atoms with Crippen LogP contribution in [0.25, 0.3) is 0 Å². The Morgan fingerprint density at radius 3 is 2.75 bits per heavy atom. The summed E-state index contributed by atoms with van der Waals surface area (Å²) in [4.78, 5) is 24.8. The number of hydrogen-bond acceptors (Lipinski definition) is 5. The lowest BCUT2D eigenvalue weighted by Gasteiger charge is -2.32. The third-order valence-corrected chi connectivity index (χ3v) is 7.87. The average Bonchev–Trinajstić information content (AvgIpc) is 2.74. The van der Waals surface area contributed by atoms with Crippen molar-refractivity contribution in [3.05, 3.63) is 47.5 Å². The maximum absolute atomic E-state index is 13.5. The highest BCUT2D eigenvalue weighted by molar-refractivity contribution is 7.89. The molecule has 2 heterocycles. The van der Waals surface area contributed by atoms with Crippen LogP contribution in [0.15, 0.2) is 41.3 Å². The Labute approximate surface area is 188 Å². The molecule has 2 N–H and O–H groups in total. The number of piperidine rings is 1. The number of amides is 2. The Morgan fingerprint density at radius 2 is 2.00 bits per heavy atom. The minimum atomic E-state index is -3.84. The van der Waals surface area contributed by atoms with E-state index in [1.54, 1.807) is 19.9 Å². The topological polar surface area (TPSA) is 105 Å². The number of carbonyl (C=O) groups is 2. The second-order valence-electron chi connectivity index (χ2n) is 8.42. The Morgan fingerprint density at radius 1 is 1.22 bits per heavy atom. The molecule has 2 aromatic rings. The molecule has 2 amide bonds. The number of nitrogens with one attached hydrogen (secondary N) is 2. The minimum absolute atomic E-state index is 0.116. The van der Waals surface area contributed by atoms with Gasteiger partial charge in [-0.3, -0.25) is 9.59 Å². The first-order valence-electron chi connectivity index (χ1n) is 10.6. The molecule has 2 aliphatic heterocycles. The van der Waals surface area contributed by atoms with Gasteiger partial charge in [-0.1, -0.05) is 12.1 Å². The van der Waals surface area contributed by atoms with Crippen LogP contribution in [-0.4, -0.2) is 43.7 Å². The van der Waals surface area contributed by atoms with Gasteiger partial charge in [-0.25, -0.2) is 8.42 Å². The monoisotopic (exact) mass is 457 g/mol. The molecule has 1 saturated heterocycles. The summed E-state index contributed by atoms with van der Waals surface area (Å²) < 4.78 is 33.9. The Balaban J connectivity index is 1.54. The van der Waals surface area contributed by atoms with Crippen LogP contribution in [0.2, 0.25) is 0 Å². The van der Waals surface area contributed by atoms with Crippen LogP contribution in [0.5, 0.6) is 5.75 Å². The molecule has 2 unspecified atom stereocenters. The smallest absolute Gasteiger partial charge is 0.265 e. The molecule has 0 aromatic heterocycles. The number of aryl methyl sites for hydroxylation is 2. The predicted octanol–water partition coefficient (Wildman–Crippen LogP) is 3.06. The molecule has 9 heteroatoms. The van der Waals surface area contributed by atoms with E-state index < -0.39 is 22.0 Å². The van der Waals surface area contributed by atoms with Crippen molar-refractivity contribution in [3.63, 3.8) is 0 Å². The lowest BCUT2D eigenvalue weighted by Crippen LogP contribution is -2.44.